The monoisotopic (exact) mass is 341 g/mol. The Balaban J connectivity index is 1.71. The van der Waals surface area contributed by atoms with Crippen LogP contribution in [0.25, 0.3) is 0 Å². The minimum absolute atomic E-state index is 0.138. The summed E-state index contributed by atoms with van der Waals surface area (Å²) in [5.74, 6) is 0.693. The van der Waals surface area contributed by atoms with E-state index in [4.69, 9.17) is 8.92 Å². The van der Waals surface area contributed by atoms with Gasteiger partial charge >= 0.3 is 10.1 Å². The van der Waals surface area contributed by atoms with E-state index in [2.05, 4.69) is 4.98 Å². The molecule has 3 aromatic rings. The van der Waals surface area contributed by atoms with E-state index in [9.17, 15) is 8.42 Å². The van der Waals surface area contributed by atoms with Crippen LogP contribution in [0.2, 0.25) is 0 Å². The molecule has 0 aliphatic heterocycles. The summed E-state index contributed by atoms with van der Waals surface area (Å²) in [6.45, 7) is 0.386. The quantitative estimate of drug-likeness (QED) is 0.643. The Kier molecular flexibility index (Phi) is 4.77. The van der Waals surface area contributed by atoms with Crippen molar-refractivity contribution in [2.75, 3.05) is 0 Å². The Labute approximate surface area is 140 Å². The zero-order valence-electron chi connectivity index (χ0n) is 12.7. The lowest BCUT2D eigenvalue weighted by atomic mass is 10.2. The van der Waals surface area contributed by atoms with Crippen LogP contribution in [0.3, 0.4) is 0 Å². The molecular weight excluding hydrogens is 326 g/mol. The first-order chi connectivity index (χ1) is 11.6. The van der Waals surface area contributed by atoms with E-state index < -0.39 is 10.1 Å². The molecule has 0 unspecified atom stereocenters. The van der Waals surface area contributed by atoms with Crippen LogP contribution in [0, 0.1) is 0 Å². The van der Waals surface area contributed by atoms with Crippen molar-refractivity contribution >= 4 is 10.1 Å². The molecule has 0 aliphatic carbocycles. The van der Waals surface area contributed by atoms with E-state index >= 15 is 0 Å². The Morgan fingerprint density at radius 1 is 0.833 bits per heavy atom. The van der Waals surface area contributed by atoms with Crippen molar-refractivity contribution < 1.29 is 17.3 Å². The highest BCUT2D eigenvalue weighted by Gasteiger charge is 2.17. The highest BCUT2D eigenvalue weighted by molar-refractivity contribution is 7.87. The molecule has 0 atom stereocenters. The molecule has 5 nitrogen and oxygen atoms in total. The number of pyridine rings is 1. The maximum atomic E-state index is 12.2. The lowest BCUT2D eigenvalue weighted by Crippen LogP contribution is -2.11. The van der Waals surface area contributed by atoms with Gasteiger partial charge in [-0.3, -0.25) is 0 Å². The van der Waals surface area contributed by atoms with Gasteiger partial charge in [0.2, 0.25) is 0 Å². The van der Waals surface area contributed by atoms with Gasteiger partial charge in [-0.1, -0.05) is 42.5 Å². The number of hydrogen-bond acceptors (Lipinski definition) is 5. The predicted molar refractivity (Wildman–Crippen MR) is 89.3 cm³/mol. The molecule has 0 N–H and O–H groups in total. The average Bonchev–Trinajstić information content (AvgIpc) is 2.62. The van der Waals surface area contributed by atoms with Gasteiger partial charge in [0.05, 0.1) is 0 Å². The first-order valence-electron chi connectivity index (χ1n) is 7.26. The molecule has 0 saturated carbocycles. The normalized spacial score (nSPS) is 11.0. The van der Waals surface area contributed by atoms with Crippen molar-refractivity contribution in [2.24, 2.45) is 0 Å². The third kappa shape index (κ3) is 4.11. The van der Waals surface area contributed by atoms with Gasteiger partial charge in [-0.05, 0) is 29.8 Å². The lowest BCUT2D eigenvalue weighted by molar-refractivity contribution is 0.305. The van der Waals surface area contributed by atoms with E-state index in [1.807, 2.05) is 30.3 Å². The fourth-order valence-corrected chi connectivity index (χ4v) is 2.90. The van der Waals surface area contributed by atoms with Crippen molar-refractivity contribution in [3.8, 4) is 11.5 Å². The molecule has 0 spiro atoms. The zero-order chi connectivity index (χ0) is 16.8. The highest BCUT2D eigenvalue weighted by atomic mass is 32.2. The molecule has 6 heteroatoms. The fraction of sp³-hybridized carbons (Fsp3) is 0.0556. The minimum atomic E-state index is -3.96. The third-order valence-electron chi connectivity index (χ3n) is 3.15. The molecule has 122 valence electrons. The number of aromatic nitrogens is 1. The molecular formula is C18H15NO4S. The maximum absolute atomic E-state index is 12.2. The van der Waals surface area contributed by atoms with Gasteiger partial charge < -0.3 is 8.92 Å². The van der Waals surface area contributed by atoms with E-state index in [-0.39, 0.29) is 10.8 Å². The fourth-order valence-electron chi connectivity index (χ4n) is 2.02. The second-order valence-corrected chi connectivity index (χ2v) is 6.45. The van der Waals surface area contributed by atoms with Crippen molar-refractivity contribution in [2.45, 2.75) is 11.6 Å². The van der Waals surface area contributed by atoms with Crippen LogP contribution in [-0.2, 0) is 16.7 Å². The number of hydrogen-bond donors (Lipinski definition) is 0. The lowest BCUT2D eigenvalue weighted by Gasteiger charge is -2.09. The van der Waals surface area contributed by atoms with E-state index in [0.717, 1.165) is 5.56 Å². The smallest absolute Gasteiger partial charge is 0.356 e. The summed E-state index contributed by atoms with van der Waals surface area (Å²) in [5.41, 5.74) is 1.02. The Hall–Kier alpha value is -2.86. The molecule has 0 aliphatic rings. The highest BCUT2D eigenvalue weighted by Crippen LogP contribution is 2.23. The van der Waals surface area contributed by atoms with Gasteiger partial charge in [0, 0.05) is 12.3 Å². The Bertz CT molecular complexity index is 897. The van der Waals surface area contributed by atoms with Crippen LogP contribution in [0.4, 0.5) is 0 Å². The van der Waals surface area contributed by atoms with Crippen LogP contribution in [0.15, 0.2) is 84.0 Å². The summed E-state index contributed by atoms with van der Waals surface area (Å²) in [5, 5.41) is -0.138. The Morgan fingerprint density at radius 2 is 1.58 bits per heavy atom. The molecule has 1 aromatic heterocycles. The number of rotatable bonds is 6. The van der Waals surface area contributed by atoms with E-state index in [1.54, 1.807) is 30.3 Å². The molecule has 0 saturated heterocycles. The average molecular weight is 341 g/mol. The minimum Gasteiger partial charge on any atom is -0.489 e. The molecule has 0 amide bonds. The standard InChI is InChI=1S/C18H15NO4S/c20-24(21,18-11-4-5-12-19-18)23-17-10-6-9-16(13-17)22-14-15-7-2-1-3-8-15/h1-13H,14H2. The number of benzene rings is 2. The summed E-state index contributed by atoms with van der Waals surface area (Å²) in [4.78, 5) is 3.80. The predicted octanol–water partition coefficient (Wildman–Crippen LogP) is 3.43. The second-order valence-electron chi connectivity index (χ2n) is 4.95. The molecule has 1 heterocycles. The van der Waals surface area contributed by atoms with Crippen LogP contribution < -0.4 is 8.92 Å². The van der Waals surface area contributed by atoms with Crippen molar-refractivity contribution in [3.05, 3.63) is 84.6 Å². The van der Waals surface area contributed by atoms with E-state index in [0.29, 0.717) is 12.4 Å². The van der Waals surface area contributed by atoms with Gasteiger partial charge in [0.1, 0.15) is 18.1 Å². The van der Waals surface area contributed by atoms with Crippen LogP contribution >= 0.6 is 0 Å². The van der Waals surface area contributed by atoms with Crippen molar-refractivity contribution in [1.29, 1.82) is 0 Å². The largest absolute Gasteiger partial charge is 0.489 e. The molecule has 0 radical (unpaired) electrons. The van der Waals surface area contributed by atoms with E-state index in [1.165, 1.54) is 18.3 Å². The SMILES string of the molecule is O=S(=O)(Oc1cccc(OCc2ccccc2)c1)c1ccccn1. The zero-order valence-corrected chi connectivity index (χ0v) is 13.5. The molecule has 3 rings (SSSR count). The van der Waals surface area contributed by atoms with Crippen molar-refractivity contribution in [1.82, 2.24) is 4.98 Å². The van der Waals surface area contributed by atoms with Gasteiger partial charge in [-0.25, -0.2) is 4.98 Å². The first kappa shape index (κ1) is 16.0. The summed E-state index contributed by atoms with van der Waals surface area (Å²) >= 11 is 0. The van der Waals surface area contributed by atoms with Gasteiger partial charge in [0.25, 0.3) is 0 Å². The summed E-state index contributed by atoms with van der Waals surface area (Å²) in [7, 11) is -3.96. The van der Waals surface area contributed by atoms with Gasteiger partial charge in [-0.15, -0.1) is 0 Å². The molecule has 0 fully saturated rings. The molecule has 24 heavy (non-hydrogen) atoms. The number of ether oxygens (including phenoxy) is 1. The van der Waals surface area contributed by atoms with Crippen molar-refractivity contribution in [3.63, 3.8) is 0 Å². The Morgan fingerprint density at radius 3 is 2.33 bits per heavy atom. The summed E-state index contributed by atoms with van der Waals surface area (Å²) in [6, 6.07) is 20.8. The third-order valence-corrected chi connectivity index (χ3v) is 4.32. The maximum Gasteiger partial charge on any atom is 0.356 e. The number of nitrogens with zero attached hydrogens (tertiary/aromatic N) is 1. The molecule has 2 aromatic carbocycles. The van der Waals surface area contributed by atoms with Gasteiger partial charge in [-0.2, -0.15) is 8.42 Å². The van der Waals surface area contributed by atoms with Gasteiger partial charge in [0.15, 0.2) is 5.03 Å². The second kappa shape index (κ2) is 7.14. The van der Waals surface area contributed by atoms with Crippen LogP contribution in [-0.4, -0.2) is 13.4 Å². The summed E-state index contributed by atoms with van der Waals surface area (Å²) in [6.07, 6.45) is 1.40. The van der Waals surface area contributed by atoms with Crippen LogP contribution in [0.1, 0.15) is 5.56 Å². The topological polar surface area (TPSA) is 65.5 Å². The van der Waals surface area contributed by atoms with Crippen LogP contribution in [0.5, 0.6) is 11.5 Å². The first-order valence-corrected chi connectivity index (χ1v) is 8.67. The molecule has 0 bridgehead atoms. The summed E-state index contributed by atoms with van der Waals surface area (Å²) < 4.78 is 35.1.